The Morgan fingerprint density at radius 1 is 1.44 bits per heavy atom. The molecule has 2 amide bonds. The number of amides is 2. The van der Waals surface area contributed by atoms with E-state index in [2.05, 4.69) is 10.6 Å². The van der Waals surface area contributed by atoms with Crippen LogP contribution in [0.5, 0.6) is 0 Å². The van der Waals surface area contributed by atoms with Crippen molar-refractivity contribution in [3.05, 3.63) is 29.3 Å². The lowest BCUT2D eigenvalue weighted by Gasteiger charge is -2.29. The van der Waals surface area contributed by atoms with E-state index in [1.54, 1.807) is 24.3 Å². The zero-order chi connectivity index (χ0) is 13.8. The third kappa shape index (κ3) is 4.55. The normalized spacial score (nSPS) is 12.9. The minimum Gasteiger partial charge on any atom is -0.394 e. The van der Waals surface area contributed by atoms with Gasteiger partial charge in [-0.15, -0.1) is 0 Å². The summed E-state index contributed by atoms with van der Waals surface area (Å²) in [5.74, 6) is 0. The van der Waals surface area contributed by atoms with Crippen molar-refractivity contribution in [3.8, 4) is 0 Å². The summed E-state index contributed by atoms with van der Waals surface area (Å²) in [6.45, 7) is 5.75. The van der Waals surface area contributed by atoms with E-state index in [-0.39, 0.29) is 24.1 Å². The Kier molecular flexibility index (Phi) is 4.99. The SMILES string of the molecule is CC(C)(C)[C@H](CO)NC(=O)Nc1cccc(Cl)c1. The maximum absolute atomic E-state index is 11.8. The molecule has 0 unspecified atom stereocenters. The topological polar surface area (TPSA) is 61.4 Å². The third-order valence-electron chi connectivity index (χ3n) is 2.62. The summed E-state index contributed by atoms with van der Waals surface area (Å²) in [4.78, 5) is 11.8. The van der Waals surface area contributed by atoms with Gasteiger partial charge < -0.3 is 15.7 Å². The summed E-state index contributed by atoms with van der Waals surface area (Å²) < 4.78 is 0. The van der Waals surface area contributed by atoms with Gasteiger partial charge in [-0.1, -0.05) is 38.4 Å². The fourth-order valence-corrected chi connectivity index (χ4v) is 1.62. The molecule has 1 rings (SSSR count). The van der Waals surface area contributed by atoms with Crippen LogP contribution in [0.3, 0.4) is 0 Å². The molecule has 0 spiro atoms. The molecule has 18 heavy (non-hydrogen) atoms. The van der Waals surface area contributed by atoms with Gasteiger partial charge in [0.15, 0.2) is 0 Å². The molecule has 0 saturated heterocycles. The van der Waals surface area contributed by atoms with E-state index >= 15 is 0 Å². The summed E-state index contributed by atoms with van der Waals surface area (Å²) in [5.41, 5.74) is 0.408. The summed E-state index contributed by atoms with van der Waals surface area (Å²) in [6, 6.07) is 6.23. The number of urea groups is 1. The Hall–Kier alpha value is -1.26. The van der Waals surface area contributed by atoms with Gasteiger partial charge in [-0.3, -0.25) is 0 Å². The van der Waals surface area contributed by atoms with E-state index in [0.29, 0.717) is 10.7 Å². The Balaban J connectivity index is 2.61. The number of halogens is 1. The van der Waals surface area contributed by atoms with Crippen molar-refractivity contribution < 1.29 is 9.90 Å². The number of benzene rings is 1. The summed E-state index contributed by atoms with van der Waals surface area (Å²) in [7, 11) is 0. The van der Waals surface area contributed by atoms with Crippen molar-refractivity contribution in [2.45, 2.75) is 26.8 Å². The smallest absolute Gasteiger partial charge is 0.319 e. The highest BCUT2D eigenvalue weighted by atomic mass is 35.5. The molecule has 0 radical (unpaired) electrons. The number of carbonyl (C=O) groups is 1. The van der Waals surface area contributed by atoms with Crippen molar-refractivity contribution >= 4 is 23.3 Å². The highest BCUT2D eigenvalue weighted by Crippen LogP contribution is 2.19. The van der Waals surface area contributed by atoms with Crippen molar-refractivity contribution in [3.63, 3.8) is 0 Å². The fourth-order valence-electron chi connectivity index (χ4n) is 1.43. The number of aliphatic hydroxyl groups excluding tert-OH is 1. The van der Waals surface area contributed by atoms with Crippen molar-refractivity contribution in [2.75, 3.05) is 11.9 Å². The van der Waals surface area contributed by atoms with Gasteiger partial charge in [0.25, 0.3) is 0 Å². The Morgan fingerprint density at radius 2 is 2.11 bits per heavy atom. The maximum atomic E-state index is 11.8. The van der Waals surface area contributed by atoms with E-state index in [9.17, 15) is 9.90 Å². The van der Waals surface area contributed by atoms with Crippen molar-refractivity contribution in [2.24, 2.45) is 5.41 Å². The number of hydrogen-bond donors (Lipinski definition) is 3. The molecule has 0 aromatic heterocycles. The van der Waals surface area contributed by atoms with Crippen LogP contribution >= 0.6 is 11.6 Å². The van der Waals surface area contributed by atoms with Crippen LogP contribution in [0.15, 0.2) is 24.3 Å². The molecule has 5 heteroatoms. The van der Waals surface area contributed by atoms with Crippen LogP contribution in [0.25, 0.3) is 0 Å². The minimum atomic E-state index is -0.355. The second-order valence-electron chi connectivity index (χ2n) is 5.21. The summed E-state index contributed by atoms with van der Waals surface area (Å²) >= 11 is 5.82. The van der Waals surface area contributed by atoms with Gasteiger partial charge in [0, 0.05) is 10.7 Å². The molecular formula is C13H19ClN2O2. The van der Waals surface area contributed by atoms with Crippen LogP contribution in [0, 0.1) is 5.41 Å². The zero-order valence-corrected chi connectivity index (χ0v) is 11.6. The first-order chi connectivity index (χ1) is 8.32. The van der Waals surface area contributed by atoms with Crippen LogP contribution < -0.4 is 10.6 Å². The standard InChI is InChI=1S/C13H19ClN2O2/c1-13(2,3)11(8-17)16-12(18)15-10-6-4-5-9(14)7-10/h4-7,11,17H,8H2,1-3H3,(H2,15,16,18)/t11-/m0/s1. The Morgan fingerprint density at radius 3 is 2.61 bits per heavy atom. The number of aliphatic hydroxyl groups is 1. The molecule has 0 bridgehead atoms. The second kappa shape index (κ2) is 6.07. The van der Waals surface area contributed by atoms with Crippen molar-refractivity contribution in [1.82, 2.24) is 5.32 Å². The molecule has 1 aromatic rings. The van der Waals surface area contributed by atoms with Crippen LogP contribution in [-0.4, -0.2) is 23.8 Å². The van der Waals surface area contributed by atoms with Gasteiger partial charge in [0.1, 0.15) is 0 Å². The number of nitrogens with one attached hydrogen (secondary N) is 2. The predicted octanol–water partition coefficient (Wildman–Crippen LogP) is 2.87. The molecule has 1 atom stereocenters. The average Bonchev–Trinajstić information content (AvgIpc) is 2.24. The van der Waals surface area contributed by atoms with Gasteiger partial charge in [0.2, 0.25) is 0 Å². The molecule has 0 aliphatic carbocycles. The lowest BCUT2D eigenvalue weighted by molar-refractivity contribution is 0.162. The van der Waals surface area contributed by atoms with Crippen LogP contribution in [-0.2, 0) is 0 Å². The number of rotatable bonds is 3. The molecular weight excluding hydrogens is 252 g/mol. The lowest BCUT2D eigenvalue weighted by Crippen LogP contribution is -2.47. The highest BCUT2D eigenvalue weighted by molar-refractivity contribution is 6.30. The second-order valence-corrected chi connectivity index (χ2v) is 5.65. The molecule has 1 aromatic carbocycles. The monoisotopic (exact) mass is 270 g/mol. The first kappa shape index (κ1) is 14.8. The van der Waals surface area contributed by atoms with E-state index in [1.165, 1.54) is 0 Å². The number of anilines is 1. The Labute approximate surface area is 112 Å². The molecule has 3 N–H and O–H groups in total. The maximum Gasteiger partial charge on any atom is 0.319 e. The zero-order valence-electron chi connectivity index (χ0n) is 10.8. The first-order valence-corrected chi connectivity index (χ1v) is 6.14. The van der Waals surface area contributed by atoms with E-state index in [4.69, 9.17) is 11.6 Å². The average molecular weight is 271 g/mol. The highest BCUT2D eigenvalue weighted by Gasteiger charge is 2.25. The van der Waals surface area contributed by atoms with Crippen LogP contribution in [0.2, 0.25) is 5.02 Å². The predicted molar refractivity (Wildman–Crippen MR) is 73.9 cm³/mol. The molecule has 0 aliphatic heterocycles. The van der Waals surface area contributed by atoms with Crippen molar-refractivity contribution in [1.29, 1.82) is 0 Å². The van der Waals surface area contributed by atoms with Gasteiger partial charge in [-0.25, -0.2) is 4.79 Å². The number of carbonyl (C=O) groups excluding carboxylic acids is 1. The van der Waals surface area contributed by atoms with E-state index < -0.39 is 0 Å². The van der Waals surface area contributed by atoms with Gasteiger partial charge in [0.05, 0.1) is 12.6 Å². The molecule has 0 heterocycles. The van der Waals surface area contributed by atoms with Gasteiger partial charge in [-0.05, 0) is 23.6 Å². The third-order valence-corrected chi connectivity index (χ3v) is 2.85. The molecule has 0 aliphatic rings. The summed E-state index contributed by atoms with van der Waals surface area (Å²) in [5, 5.41) is 15.2. The van der Waals surface area contributed by atoms with Crippen LogP contribution in [0.4, 0.5) is 10.5 Å². The first-order valence-electron chi connectivity index (χ1n) is 5.77. The molecule has 0 saturated carbocycles. The lowest BCUT2D eigenvalue weighted by atomic mass is 9.87. The molecule has 100 valence electrons. The quantitative estimate of drug-likeness (QED) is 0.791. The number of hydrogen-bond acceptors (Lipinski definition) is 2. The van der Waals surface area contributed by atoms with Gasteiger partial charge in [-0.2, -0.15) is 0 Å². The van der Waals surface area contributed by atoms with E-state index in [1.807, 2.05) is 20.8 Å². The largest absolute Gasteiger partial charge is 0.394 e. The Bertz CT molecular complexity index is 416. The minimum absolute atomic E-state index is 0.105. The van der Waals surface area contributed by atoms with Crippen LogP contribution in [0.1, 0.15) is 20.8 Å². The molecule has 0 fully saturated rings. The molecule has 4 nitrogen and oxygen atoms in total. The van der Waals surface area contributed by atoms with Gasteiger partial charge >= 0.3 is 6.03 Å². The summed E-state index contributed by atoms with van der Waals surface area (Å²) in [6.07, 6.45) is 0. The fraction of sp³-hybridized carbons (Fsp3) is 0.462. The van der Waals surface area contributed by atoms with E-state index in [0.717, 1.165) is 0 Å².